The van der Waals surface area contributed by atoms with Crippen LogP contribution in [0.2, 0.25) is 0 Å². The van der Waals surface area contributed by atoms with Gasteiger partial charge in [0, 0.05) is 31.2 Å². The lowest BCUT2D eigenvalue weighted by atomic mass is 10.2. The van der Waals surface area contributed by atoms with Crippen LogP contribution >= 0.6 is 11.5 Å². The first-order valence-electron chi connectivity index (χ1n) is 6.38. The van der Waals surface area contributed by atoms with E-state index in [4.69, 9.17) is 10.5 Å². The molecule has 1 aromatic rings. The van der Waals surface area contributed by atoms with Crippen LogP contribution in [0.4, 0.5) is 5.00 Å². The van der Waals surface area contributed by atoms with Gasteiger partial charge in [0.1, 0.15) is 16.7 Å². The fraction of sp³-hybridized carbons (Fsp3) is 0.727. The number of morpholine rings is 1. The van der Waals surface area contributed by atoms with Crippen molar-refractivity contribution in [2.24, 2.45) is 5.73 Å². The molecule has 2 heterocycles. The summed E-state index contributed by atoms with van der Waals surface area (Å²) in [5, 5.41) is 8.39. The highest BCUT2D eigenvalue weighted by Gasteiger charge is 2.28. The van der Waals surface area contributed by atoms with Gasteiger partial charge in [0.05, 0.1) is 13.2 Å². The average molecular weight is 285 g/mol. The molecule has 0 aromatic carbocycles. The van der Waals surface area contributed by atoms with Gasteiger partial charge in [-0.15, -0.1) is 5.10 Å². The number of hydrogen-bond acceptors (Lipinski definition) is 7. The summed E-state index contributed by atoms with van der Waals surface area (Å²) in [6.07, 6.45) is 1.04. The average Bonchev–Trinajstić information content (AvgIpc) is 2.84. The predicted molar refractivity (Wildman–Crippen MR) is 72.9 cm³/mol. The van der Waals surface area contributed by atoms with Crippen molar-refractivity contribution in [3.63, 3.8) is 0 Å². The minimum absolute atomic E-state index is 0.352. The van der Waals surface area contributed by atoms with Gasteiger partial charge in [-0.3, -0.25) is 9.69 Å². The largest absolute Gasteiger partial charge is 0.378 e. The molecule has 1 saturated heterocycles. The van der Waals surface area contributed by atoms with Crippen molar-refractivity contribution in [2.75, 3.05) is 31.6 Å². The number of anilines is 1. The fourth-order valence-corrected chi connectivity index (χ4v) is 2.56. The van der Waals surface area contributed by atoms with Gasteiger partial charge in [-0.2, -0.15) is 0 Å². The predicted octanol–water partition coefficient (Wildman–Crippen LogP) is 0.0461. The summed E-state index contributed by atoms with van der Waals surface area (Å²) in [5.41, 5.74) is 6.26. The molecule has 19 heavy (non-hydrogen) atoms. The molecule has 0 radical (unpaired) electrons. The van der Waals surface area contributed by atoms with E-state index in [1.807, 2.05) is 4.90 Å². The highest BCUT2D eigenvalue weighted by Crippen LogP contribution is 2.21. The summed E-state index contributed by atoms with van der Waals surface area (Å²) in [6, 6.07) is -0.380. The van der Waals surface area contributed by atoms with E-state index in [1.54, 1.807) is 0 Å². The number of rotatable bonds is 6. The quantitative estimate of drug-likeness (QED) is 0.767. The normalized spacial score (nSPS) is 20.4. The zero-order chi connectivity index (χ0) is 13.7. The summed E-state index contributed by atoms with van der Waals surface area (Å²) < 4.78 is 9.26. The van der Waals surface area contributed by atoms with Crippen molar-refractivity contribution in [1.29, 1.82) is 0 Å². The van der Waals surface area contributed by atoms with Gasteiger partial charge in [-0.25, -0.2) is 0 Å². The summed E-state index contributed by atoms with van der Waals surface area (Å²) in [4.78, 5) is 13.4. The van der Waals surface area contributed by atoms with Gasteiger partial charge in [-0.05, 0) is 6.42 Å². The third kappa shape index (κ3) is 3.62. The van der Waals surface area contributed by atoms with E-state index >= 15 is 0 Å². The Morgan fingerprint density at radius 1 is 1.68 bits per heavy atom. The van der Waals surface area contributed by atoms with Crippen LogP contribution in [0.1, 0.15) is 19.0 Å². The smallest absolute Gasteiger partial charge is 0.237 e. The minimum Gasteiger partial charge on any atom is -0.378 e. The standard InChI is InChI=1S/C11H19N5O2S/c1-2-3-13-11-8(14-15-19-11)6-16-4-5-18-7-9(16)10(12)17/h9,13H,2-7H2,1H3,(H2,12,17). The van der Waals surface area contributed by atoms with Crippen LogP contribution in [0.15, 0.2) is 0 Å². The second kappa shape index (κ2) is 6.78. The lowest BCUT2D eigenvalue weighted by Gasteiger charge is -2.32. The summed E-state index contributed by atoms with van der Waals surface area (Å²) >= 11 is 1.34. The number of ether oxygens (including phenoxy) is 1. The molecule has 1 aliphatic rings. The number of carbonyl (C=O) groups is 1. The van der Waals surface area contributed by atoms with E-state index < -0.39 is 0 Å². The van der Waals surface area contributed by atoms with Gasteiger partial charge in [0.15, 0.2) is 0 Å². The second-order valence-electron chi connectivity index (χ2n) is 4.44. The van der Waals surface area contributed by atoms with Crippen molar-refractivity contribution in [3.8, 4) is 0 Å². The topological polar surface area (TPSA) is 93.4 Å². The molecule has 1 fully saturated rings. The number of hydrogen-bond donors (Lipinski definition) is 2. The first-order chi connectivity index (χ1) is 9.22. The molecule has 0 aliphatic carbocycles. The maximum atomic E-state index is 11.4. The summed E-state index contributed by atoms with van der Waals surface area (Å²) in [5.74, 6) is -0.356. The molecule has 1 unspecified atom stereocenters. The Hall–Kier alpha value is -1.25. The minimum atomic E-state index is -0.380. The van der Waals surface area contributed by atoms with E-state index in [-0.39, 0.29) is 11.9 Å². The number of nitrogens with two attached hydrogens (primary N) is 1. The van der Waals surface area contributed by atoms with E-state index in [0.29, 0.717) is 26.3 Å². The summed E-state index contributed by atoms with van der Waals surface area (Å²) in [6.45, 7) is 5.20. The van der Waals surface area contributed by atoms with Gasteiger partial charge in [0.25, 0.3) is 0 Å². The van der Waals surface area contributed by atoms with Crippen molar-refractivity contribution in [3.05, 3.63) is 5.69 Å². The highest BCUT2D eigenvalue weighted by molar-refractivity contribution is 7.10. The lowest BCUT2D eigenvalue weighted by Crippen LogP contribution is -2.51. The SMILES string of the molecule is CCCNc1snnc1CN1CCOCC1C(N)=O. The van der Waals surface area contributed by atoms with Crippen molar-refractivity contribution in [1.82, 2.24) is 14.5 Å². The molecule has 1 aliphatic heterocycles. The third-order valence-corrected chi connectivity index (χ3v) is 3.74. The van der Waals surface area contributed by atoms with Crippen LogP contribution in [-0.4, -0.2) is 52.7 Å². The molecule has 0 spiro atoms. The molecular weight excluding hydrogens is 266 g/mol. The zero-order valence-electron chi connectivity index (χ0n) is 11.0. The van der Waals surface area contributed by atoms with E-state index in [0.717, 1.165) is 23.7 Å². The van der Waals surface area contributed by atoms with Gasteiger partial charge in [-0.1, -0.05) is 11.4 Å². The number of amides is 1. The third-order valence-electron chi connectivity index (χ3n) is 3.01. The van der Waals surface area contributed by atoms with Crippen LogP contribution in [0.3, 0.4) is 0 Å². The van der Waals surface area contributed by atoms with Crippen molar-refractivity contribution < 1.29 is 9.53 Å². The van der Waals surface area contributed by atoms with Crippen molar-refractivity contribution >= 4 is 22.4 Å². The zero-order valence-corrected chi connectivity index (χ0v) is 11.8. The molecule has 8 heteroatoms. The Kier molecular flexibility index (Phi) is 5.06. The highest BCUT2D eigenvalue weighted by atomic mass is 32.1. The van der Waals surface area contributed by atoms with Crippen LogP contribution in [0, 0.1) is 0 Å². The van der Waals surface area contributed by atoms with Gasteiger partial charge >= 0.3 is 0 Å². The van der Waals surface area contributed by atoms with Gasteiger partial charge < -0.3 is 15.8 Å². The molecular formula is C11H19N5O2S. The molecule has 1 aromatic heterocycles. The molecule has 0 saturated carbocycles. The maximum absolute atomic E-state index is 11.4. The fourth-order valence-electron chi connectivity index (χ4n) is 1.97. The number of nitrogens with one attached hydrogen (secondary N) is 1. The Morgan fingerprint density at radius 2 is 2.53 bits per heavy atom. The Bertz CT molecular complexity index is 425. The molecule has 106 valence electrons. The molecule has 7 nitrogen and oxygen atoms in total. The summed E-state index contributed by atoms with van der Waals surface area (Å²) in [7, 11) is 0. The molecule has 2 rings (SSSR count). The van der Waals surface area contributed by atoms with Crippen LogP contribution in [0.5, 0.6) is 0 Å². The monoisotopic (exact) mass is 285 g/mol. The molecule has 1 atom stereocenters. The Morgan fingerprint density at radius 3 is 3.26 bits per heavy atom. The second-order valence-corrected chi connectivity index (χ2v) is 5.19. The van der Waals surface area contributed by atoms with Crippen molar-refractivity contribution in [2.45, 2.75) is 25.9 Å². The number of carbonyl (C=O) groups excluding carboxylic acids is 1. The molecule has 0 bridgehead atoms. The Balaban J connectivity index is 2.02. The number of aromatic nitrogens is 2. The first-order valence-corrected chi connectivity index (χ1v) is 7.16. The lowest BCUT2D eigenvalue weighted by molar-refractivity contribution is -0.129. The van der Waals surface area contributed by atoms with Crippen LogP contribution in [0.25, 0.3) is 0 Å². The molecule has 3 N–H and O–H groups in total. The Labute approximate surface area is 116 Å². The van der Waals surface area contributed by atoms with Crippen LogP contribution in [-0.2, 0) is 16.1 Å². The number of nitrogens with zero attached hydrogens (tertiary/aromatic N) is 3. The van der Waals surface area contributed by atoms with Gasteiger partial charge in [0.2, 0.25) is 5.91 Å². The molecule has 1 amide bonds. The maximum Gasteiger partial charge on any atom is 0.237 e. The number of primary amides is 1. The van der Waals surface area contributed by atoms with E-state index in [1.165, 1.54) is 11.5 Å². The first kappa shape index (κ1) is 14.2. The van der Waals surface area contributed by atoms with E-state index in [9.17, 15) is 4.79 Å². The van der Waals surface area contributed by atoms with Crippen LogP contribution < -0.4 is 11.1 Å². The van der Waals surface area contributed by atoms with E-state index in [2.05, 4.69) is 21.8 Å².